The number of thiazole rings is 1. The van der Waals surface area contributed by atoms with Crippen LogP contribution in [0.2, 0.25) is 0 Å². The molecule has 146 valence electrons. The maximum absolute atomic E-state index is 12.4. The molecule has 0 aliphatic heterocycles. The van der Waals surface area contributed by atoms with Crippen molar-refractivity contribution in [2.24, 2.45) is 0 Å². The van der Waals surface area contributed by atoms with Crippen LogP contribution in [0.15, 0.2) is 58.8 Å². The Balaban J connectivity index is 1.53. The maximum Gasteiger partial charge on any atom is 0.281 e. The van der Waals surface area contributed by atoms with Gasteiger partial charge in [-0.15, -0.1) is 23.1 Å². The van der Waals surface area contributed by atoms with Crippen LogP contribution in [0.5, 0.6) is 5.75 Å². The predicted octanol–water partition coefficient (Wildman–Crippen LogP) is 3.19. The summed E-state index contributed by atoms with van der Waals surface area (Å²) in [5.41, 5.74) is 3.06. The average molecular weight is 415 g/mol. The minimum Gasteiger partial charge on any atom is -0.497 e. The molecule has 3 aromatic rings. The van der Waals surface area contributed by atoms with Crippen LogP contribution < -0.4 is 15.0 Å². The highest BCUT2D eigenvalue weighted by molar-refractivity contribution is 7.98. The molecule has 3 rings (SSSR count). The Morgan fingerprint density at radius 1 is 1.18 bits per heavy atom. The van der Waals surface area contributed by atoms with E-state index < -0.39 is 0 Å². The summed E-state index contributed by atoms with van der Waals surface area (Å²) in [5, 5.41) is 5.47. The second-order valence-corrected chi connectivity index (χ2v) is 8.21. The second-order valence-electron chi connectivity index (χ2n) is 6.47. The summed E-state index contributed by atoms with van der Waals surface area (Å²) in [6.45, 7) is 1.19. The van der Waals surface area contributed by atoms with E-state index in [1.807, 2.05) is 36.7 Å². The third-order valence-electron chi connectivity index (χ3n) is 4.26. The predicted molar refractivity (Wildman–Crippen MR) is 116 cm³/mol. The molecule has 2 N–H and O–H groups in total. The van der Waals surface area contributed by atoms with Crippen LogP contribution in [0.1, 0.15) is 5.56 Å². The third-order valence-corrected chi connectivity index (χ3v) is 5.76. The molecule has 28 heavy (non-hydrogen) atoms. The number of hydrogen-bond donors (Lipinski definition) is 2. The molecule has 1 amide bonds. The molecule has 7 heteroatoms. The Labute approximate surface area is 173 Å². The quantitative estimate of drug-likeness (QED) is 0.556. The Morgan fingerprint density at radius 2 is 1.89 bits per heavy atom. The van der Waals surface area contributed by atoms with Gasteiger partial charge in [-0.2, -0.15) is 0 Å². The Kier molecular flexibility index (Phi) is 7.08. The average Bonchev–Trinajstić information content (AvgIpc) is 3.16. The van der Waals surface area contributed by atoms with E-state index >= 15 is 0 Å². The molecule has 0 bridgehead atoms. The number of carbonyl (C=O) groups is 1. The molecular weight excluding hydrogens is 390 g/mol. The number of anilines is 1. The summed E-state index contributed by atoms with van der Waals surface area (Å²) in [6.07, 6.45) is 2.06. The number of nitrogens with one attached hydrogen (secondary N) is 2. The number of rotatable bonds is 8. The van der Waals surface area contributed by atoms with Crippen LogP contribution in [0.3, 0.4) is 0 Å². The molecule has 0 fully saturated rings. The van der Waals surface area contributed by atoms with Gasteiger partial charge in [0, 0.05) is 21.4 Å². The molecule has 0 spiro atoms. The zero-order valence-corrected chi connectivity index (χ0v) is 17.8. The second kappa shape index (κ2) is 9.73. The van der Waals surface area contributed by atoms with Gasteiger partial charge in [0.15, 0.2) is 11.7 Å². The molecule has 0 saturated carbocycles. The van der Waals surface area contributed by atoms with Crippen LogP contribution in [-0.4, -0.2) is 37.8 Å². The molecule has 2 aromatic carbocycles. The Morgan fingerprint density at radius 3 is 2.54 bits per heavy atom. The molecule has 1 unspecified atom stereocenters. The van der Waals surface area contributed by atoms with E-state index in [0.29, 0.717) is 11.7 Å². The summed E-state index contributed by atoms with van der Waals surface area (Å²) < 4.78 is 5.18. The van der Waals surface area contributed by atoms with Crippen LogP contribution in [0.4, 0.5) is 5.13 Å². The van der Waals surface area contributed by atoms with Gasteiger partial charge in [-0.05, 0) is 42.7 Å². The number of hydrogen-bond acceptors (Lipinski definition) is 5. The zero-order chi connectivity index (χ0) is 19.9. The van der Waals surface area contributed by atoms with E-state index in [1.165, 1.54) is 21.8 Å². The summed E-state index contributed by atoms with van der Waals surface area (Å²) >= 11 is 3.16. The summed E-state index contributed by atoms with van der Waals surface area (Å²) in [4.78, 5) is 19.3. The summed E-state index contributed by atoms with van der Waals surface area (Å²) in [7, 11) is 3.66. The van der Waals surface area contributed by atoms with Crippen LogP contribution >= 0.6 is 23.1 Å². The minimum absolute atomic E-state index is 0.0335. The van der Waals surface area contributed by atoms with Crippen molar-refractivity contribution in [3.8, 4) is 17.0 Å². The molecular formula is C21H24N3O2S2+. The van der Waals surface area contributed by atoms with Gasteiger partial charge in [0.1, 0.15) is 12.3 Å². The molecule has 1 heterocycles. The zero-order valence-electron chi connectivity index (χ0n) is 16.2. The Bertz CT molecular complexity index is 908. The molecule has 0 aliphatic rings. The fourth-order valence-electron chi connectivity index (χ4n) is 2.82. The van der Waals surface area contributed by atoms with E-state index in [4.69, 9.17) is 4.74 Å². The number of quaternary nitrogens is 1. The number of methoxy groups -OCH3 is 1. The highest BCUT2D eigenvalue weighted by Crippen LogP contribution is 2.26. The number of benzene rings is 2. The SMILES string of the molecule is COc1ccc(-c2csc(NC(=O)C[NH+](C)Cc3ccc(SC)cc3)n2)cc1. The fraction of sp³-hybridized carbons (Fsp3) is 0.238. The topological polar surface area (TPSA) is 55.7 Å². The number of amides is 1. The Hall–Kier alpha value is -2.35. The van der Waals surface area contributed by atoms with Crippen molar-refractivity contribution in [1.82, 2.24) is 4.98 Å². The van der Waals surface area contributed by atoms with Gasteiger partial charge in [0.2, 0.25) is 0 Å². The number of ether oxygens (including phenoxy) is 1. The molecule has 1 aromatic heterocycles. The number of likely N-dealkylation sites (N-methyl/N-ethyl adjacent to an activating group) is 1. The van der Waals surface area contributed by atoms with Crippen molar-refractivity contribution in [1.29, 1.82) is 0 Å². The van der Waals surface area contributed by atoms with E-state index in [0.717, 1.165) is 28.5 Å². The molecule has 5 nitrogen and oxygen atoms in total. The first-order valence-electron chi connectivity index (χ1n) is 8.91. The number of nitrogens with zero attached hydrogens (tertiary/aromatic N) is 1. The molecule has 0 aliphatic carbocycles. The smallest absolute Gasteiger partial charge is 0.281 e. The normalized spacial score (nSPS) is 11.8. The first kappa shape index (κ1) is 20.4. The number of aromatic nitrogens is 1. The first-order valence-corrected chi connectivity index (χ1v) is 11.0. The van der Waals surface area contributed by atoms with Gasteiger partial charge < -0.3 is 9.64 Å². The van der Waals surface area contributed by atoms with Crippen molar-refractivity contribution in [3.05, 3.63) is 59.5 Å². The summed E-state index contributed by atoms with van der Waals surface area (Å²) in [5.74, 6) is 0.774. The fourth-order valence-corrected chi connectivity index (χ4v) is 3.96. The standard InChI is InChI=1S/C21H23N3O2S2/c1-24(12-15-4-10-18(27-3)11-5-15)13-20(25)23-21-22-19(14-28-21)16-6-8-17(26-2)9-7-16/h4-11,14H,12-13H2,1-3H3,(H,22,23,25)/p+1. The van der Waals surface area contributed by atoms with E-state index in [1.54, 1.807) is 18.9 Å². The molecule has 0 saturated heterocycles. The largest absolute Gasteiger partial charge is 0.497 e. The van der Waals surface area contributed by atoms with Gasteiger partial charge in [0.25, 0.3) is 5.91 Å². The van der Waals surface area contributed by atoms with Gasteiger partial charge in [-0.3, -0.25) is 10.1 Å². The van der Waals surface area contributed by atoms with E-state index in [-0.39, 0.29) is 5.91 Å². The lowest BCUT2D eigenvalue weighted by molar-refractivity contribution is -0.885. The van der Waals surface area contributed by atoms with Crippen molar-refractivity contribution in [3.63, 3.8) is 0 Å². The summed E-state index contributed by atoms with van der Waals surface area (Å²) in [6, 6.07) is 16.2. The van der Waals surface area contributed by atoms with Crippen LogP contribution in [0.25, 0.3) is 11.3 Å². The van der Waals surface area contributed by atoms with E-state index in [2.05, 4.69) is 40.8 Å². The van der Waals surface area contributed by atoms with Crippen molar-refractivity contribution >= 4 is 34.1 Å². The number of carbonyl (C=O) groups excluding carboxylic acids is 1. The van der Waals surface area contributed by atoms with Crippen molar-refractivity contribution in [2.75, 3.05) is 32.3 Å². The lowest BCUT2D eigenvalue weighted by Gasteiger charge is -2.13. The minimum atomic E-state index is -0.0335. The maximum atomic E-state index is 12.4. The monoisotopic (exact) mass is 414 g/mol. The highest BCUT2D eigenvalue weighted by Gasteiger charge is 2.13. The van der Waals surface area contributed by atoms with Gasteiger partial charge in [0.05, 0.1) is 19.9 Å². The van der Waals surface area contributed by atoms with Crippen LogP contribution in [0, 0.1) is 0 Å². The number of thioether (sulfide) groups is 1. The van der Waals surface area contributed by atoms with Gasteiger partial charge >= 0.3 is 0 Å². The van der Waals surface area contributed by atoms with Crippen molar-refractivity contribution < 1.29 is 14.4 Å². The highest BCUT2D eigenvalue weighted by atomic mass is 32.2. The molecule has 0 radical (unpaired) electrons. The lowest BCUT2D eigenvalue weighted by Crippen LogP contribution is -3.08. The van der Waals surface area contributed by atoms with Crippen LogP contribution in [-0.2, 0) is 11.3 Å². The van der Waals surface area contributed by atoms with Crippen molar-refractivity contribution in [2.45, 2.75) is 11.4 Å². The first-order chi connectivity index (χ1) is 13.6. The lowest BCUT2D eigenvalue weighted by atomic mass is 10.2. The third kappa shape index (κ3) is 5.58. The van der Waals surface area contributed by atoms with Gasteiger partial charge in [-0.25, -0.2) is 4.98 Å². The van der Waals surface area contributed by atoms with Gasteiger partial charge in [-0.1, -0.05) is 12.1 Å². The van der Waals surface area contributed by atoms with E-state index in [9.17, 15) is 4.79 Å². The molecule has 1 atom stereocenters.